The second-order valence-electron chi connectivity index (χ2n) is 5.70. The zero-order valence-electron chi connectivity index (χ0n) is 13.8. The molecule has 1 aliphatic rings. The third kappa shape index (κ3) is 3.79. The summed E-state index contributed by atoms with van der Waals surface area (Å²) < 4.78 is 26.5. The van der Waals surface area contributed by atoms with Crippen molar-refractivity contribution >= 4 is 33.2 Å². The minimum Gasteiger partial charge on any atom is -0.478 e. The molecule has 0 aromatic carbocycles. The summed E-state index contributed by atoms with van der Waals surface area (Å²) in [6.45, 7) is 5.15. The Hall–Kier alpha value is -1.45. The lowest BCUT2D eigenvalue weighted by Gasteiger charge is -2.35. The molecule has 0 saturated carbocycles. The molecule has 0 radical (unpaired) electrons. The summed E-state index contributed by atoms with van der Waals surface area (Å²) in [5.41, 5.74) is -0.0267. The van der Waals surface area contributed by atoms with Crippen LogP contribution < -0.4 is 0 Å². The average Bonchev–Trinajstić information content (AvgIpc) is 3.07. The molecule has 1 aromatic heterocycles. The quantitative estimate of drug-likeness (QED) is 0.818. The van der Waals surface area contributed by atoms with Crippen LogP contribution in [0.2, 0.25) is 0 Å². The molecule has 0 unspecified atom stereocenters. The van der Waals surface area contributed by atoms with Gasteiger partial charge in [0.25, 0.3) is 10.0 Å². The summed E-state index contributed by atoms with van der Waals surface area (Å²) in [7, 11) is -3.70. The molecule has 1 amide bonds. The van der Waals surface area contributed by atoms with Crippen LogP contribution in [0.15, 0.2) is 15.7 Å². The Balaban J connectivity index is 2.05. The Kier molecular flexibility index (Phi) is 6.00. The topological polar surface area (TPSA) is 95.0 Å². The van der Waals surface area contributed by atoms with E-state index >= 15 is 0 Å². The molecule has 2 heterocycles. The van der Waals surface area contributed by atoms with Crippen LogP contribution in [0.4, 0.5) is 0 Å². The van der Waals surface area contributed by atoms with Crippen molar-refractivity contribution in [3.63, 3.8) is 0 Å². The first-order chi connectivity index (χ1) is 11.3. The van der Waals surface area contributed by atoms with Gasteiger partial charge in [-0.05, 0) is 18.9 Å². The normalized spacial score (nSPS) is 16.5. The van der Waals surface area contributed by atoms with E-state index in [9.17, 15) is 18.0 Å². The number of carbonyl (C=O) groups excluding carboxylic acids is 1. The van der Waals surface area contributed by atoms with E-state index in [1.54, 1.807) is 4.90 Å². The third-order valence-corrected chi connectivity index (χ3v) is 7.62. The fourth-order valence-electron chi connectivity index (χ4n) is 2.74. The highest BCUT2D eigenvalue weighted by atomic mass is 32.2. The predicted molar refractivity (Wildman–Crippen MR) is 90.7 cm³/mol. The molecule has 7 nitrogen and oxygen atoms in total. The second kappa shape index (κ2) is 7.62. The lowest BCUT2D eigenvalue weighted by Crippen LogP contribution is -2.51. The highest BCUT2D eigenvalue weighted by Crippen LogP contribution is 2.25. The van der Waals surface area contributed by atoms with Crippen LogP contribution in [0.5, 0.6) is 0 Å². The Morgan fingerprint density at radius 1 is 1.21 bits per heavy atom. The van der Waals surface area contributed by atoms with Crippen LogP contribution in [0.25, 0.3) is 0 Å². The fourth-order valence-corrected chi connectivity index (χ4v) is 5.46. The number of thiophene rings is 1. The standard InChI is InChI=1S/C15H22N2O5S2/c1-3-11(4-2)14(18)16-5-7-17(8-6-16)24(21,22)13-9-12(10-23-13)15(19)20/h9-11H,3-8H2,1-2H3,(H,19,20). The Labute approximate surface area is 145 Å². The Morgan fingerprint density at radius 3 is 2.25 bits per heavy atom. The highest BCUT2D eigenvalue weighted by molar-refractivity contribution is 7.91. The van der Waals surface area contributed by atoms with Gasteiger partial charge in [-0.25, -0.2) is 13.2 Å². The minimum absolute atomic E-state index is 0.0106. The van der Waals surface area contributed by atoms with Crippen molar-refractivity contribution in [3.8, 4) is 0 Å². The molecule has 1 fully saturated rings. The van der Waals surface area contributed by atoms with Crippen LogP contribution in [-0.2, 0) is 14.8 Å². The number of nitrogens with zero attached hydrogens (tertiary/aromatic N) is 2. The first-order valence-corrected chi connectivity index (χ1v) is 10.2. The first-order valence-electron chi connectivity index (χ1n) is 7.92. The molecule has 1 aliphatic heterocycles. The number of amides is 1. The van der Waals surface area contributed by atoms with Crippen LogP contribution in [0.1, 0.15) is 37.0 Å². The van der Waals surface area contributed by atoms with Gasteiger partial charge < -0.3 is 10.0 Å². The lowest BCUT2D eigenvalue weighted by molar-refractivity contribution is -0.136. The Bertz CT molecular complexity index is 701. The van der Waals surface area contributed by atoms with E-state index in [1.807, 2.05) is 13.8 Å². The maximum absolute atomic E-state index is 12.6. The van der Waals surface area contributed by atoms with Gasteiger partial charge in [-0.2, -0.15) is 4.31 Å². The number of sulfonamides is 1. The van der Waals surface area contributed by atoms with Crippen molar-refractivity contribution in [2.45, 2.75) is 30.9 Å². The van der Waals surface area contributed by atoms with Crippen LogP contribution >= 0.6 is 11.3 Å². The van der Waals surface area contributed by atoms with Crippen molar-refractivity contribution < 1.29 is 23.1 Å². The van der Waals surface area contributed by atoms with E-state index in [-0.39, 0.29) is 34.7 Å². The lowest BCUT2D eigenvalue weighted by atomic mass is 10.0. The van der Waals surface area contributed by atoms with E-state index in [1.165, 1.54) is 15.8 Å². The number of carboxylic acid groups (broad SMARTS) is 1. The zero-order valence-corrected chi connectivity index (χ0v) is 15.4. The Morgan fingerprint density at radius 2 is 1.79 bits per heavy atom. The van der Waals surface area contributed by atoms with Gasteiger partial charge in [0, 0.05) is 37.5 Å². The molecule has 0 aliphatic carbocycles. The molecule has 134 valence electrons. The van der Waals surface area contributed by atoms with Crippen LogP contribution in [0.3, 0.4) is 0 Å². The summed E-state index contributed by atoms with van der Waals surface area (Å²) in [6, 6.07) is 1.18. The van der Waals surface area contributed by atoms with Gasteiger partial charge in [0.05, 0.1) is 5.56 Å². The highest BCUT2D eigenvalue weighted by Gasteiger charge is 2.32. The molecule has 0 spiro atoms. The summed E-state index contributed by atoms with van der Waals surface area (Å²) in [5.74, 6) is -1.07. The maximum atomic E-state index is 12.6. The van der Waals surface area contributed by atoms with Crippen molar-refractivity contribution in [1.29, 1.82) is 0 Å². The molecule has 1 saturated heterocycles. The first kappa shape index (κ1) is 18.9. The van der Waals surface area contributed by atoms with Gasteiger partial charge in [0.1, 0.15) is 4.21 Å². The SMILES string of the molecule is CCC(CC)C(=O)N1CCN(S(=O)(=O)c2cc(C(=O)O)cs2)CC1. The smallest absolute Gasteiger partial charge is 0.336 e. The molecular formula is C15H22N2O5S2. The third-order valence-electron chi connectivity index (χ3n) is 4.30. The number of piperazine rings is 1. The largest absolute Gasteiger partial charge is 0.478 e. The monoisotopic (exact) mass is 374 g/mol. The molecule has 1 N–H and O–H groups in total. The molecule has 1 aromatic rings. The summed E-state index contributed by atoms with van der Waals surface area (Å²) >= 11 is 0.907. The van der Waals surface area contributed by atoms with Gasteiger partial charge in [-0.1, -0.05) is 13.8 Å². The van der Waals surface area contributed by atoms with Crippen LogP contribution in [-0.4, -0.2) is 60.8 Å². The van der Waals surface area contributed by atoms with E-state index in [0.29, 0.717) is 13.1 Å². The minimum atomic E-state index is -3.70. The van der Waals surface area contributed by atoms with E-state index in [0.717, 1.165) is 24.2 Å². The van der Waals surface area contributed by atoms with Gasteiger partial charge in [-0.3, -0.25) is 4.79 Å². The molecular weight excluding hydrogens is 352 g/mol. The number of hydrogen-bond donors (Lipinski definition) is 1. The number of rotatable bonds is 6. The number of hydrogen-bond acceptors (Lipinski definition) is 5. The molecule has 9 heteroatoms. The summed E-state index contributed by atoms with van der Waals surface area (Å²) in [5, 5.41) is 10.2. The molecule has 2 rings (SSSR count). The fraction of sp³-hybridized carbons (Fsp3) is 0.600. The van der Waals surface area contributed by atoms with Gasteiger partial charge in [0.15, 0.2) is 0 Å². The van der Waals surface area contributed by atoms with Crippen LogP contribution in [0, 0.1) is 5.92 Å². The molecule has 24 heavy (non-hydrogen) atoms. The van der Waals surface area contributed by atoms with Gasteiger partial charge in [0.2, 0.25) is 5.91 Å². The second-order valence-corrected chi connectivity index (χ2v) is 8.78. The summed E-state index contributed by atoms with van der Waals surface area (Å²) in [6.07, 6.45) is 1.56. The van der Waals surface area contributed by atoms with Crippen molar-refractivity contribution in [2.75, 3.05) is 26.2 Å². The predicted octanol–water partition coefficient (Wildman–Crippen LogP) is 1.72. The van der Waals surface area contributed by atoms with Crippen molar-refractivity contribution in [1.82, 2.24) is 9.21 Å². The van der Waals surface area contributed by atoms with Crippen molar-refractivity contribution in [2.24, 2.45) is 5.92 Å². The maximum Gasteiger partial charge on any atom is 0.336 e. The molecule has 0 bridgehead atoms. The van der Waals surface area contributed by atoms with Gasteiger partial charge in [-0.15, -0.1) is 11.3 Å². The number of carbonyl (C=O) groups is 2. The number of carboxylic acids is 1. The van der Waals surface area contributed by atoms with Gasteiger partial charge >= 0.3 is 5.97 Å². The average molecular weight is 374 g/mol. The van der Waals surface area contributed by atoms with E-state index in [2.05, 4.69) is 0 Å². The zero-order chi connectivity index (χ0) is 17.9. The summed E-state index contributed by atoms with van der Waals surface area (Å²) in [4.78, 5) is 25.0. The number of aromatic carboxylic acids is 1. The van der Waals surface area contributed by atoms with Crippen molar-refractivity contribution in [3.05, 3.63) is 17.0 Å². The molecule has 0 atom stereocenters. The van der Waals surface area contributed by atoms with E-state index in [4.69, 9.17) is 5.11 Å². The van der Waals surface area contributed by atoms with E-state index < -0.39 is 16.0 Å².